The molecule has 0 spiro atoms. The van der Waals surface area contributed by atoms with Gasteiger partial charge in [-0.2, -0.15) is 18.3 Å². The number of hydrogen-bond acceptors (Lipinski definition) is 3. The lowest BCUT2D eigenvalue weighted by atomic mass is 10.1. The van der Waals surface area contributed by atoms with Gasteiger partial charge in [0, 0.05) is 5.02 Å². The number of hydrogen-bond donors (Lipinski definition) is 2. The summed E-state index contributed by atoms with van der Waals surface area (Å²) in [4.78, 5) is 0. The summed E-state index contributed by atoms with van der Waals surface area (Å²) in [5, 5.41) is 15.0. The van der Waals surface area contributed by atoms with E-state index in [-0.39, 0.29) is 21.3 Å². The Morgan fingerprint density at radius 3 is 2.68 bits per heavy atom. The molecule has 0 saturated carbocycles. The number of nitrogens with zero attached hydrogens (tertiary/aromatic N) is 2. The monoisotopic (exact) mass is 309 g/mol. The van der Waals surface area contributed by atoms with Gasteiger partial charge in [0.25, 0.3) is 0 Å². The SMILES string of the molecule is OCc1n[nH]c(=S)n1-c1ccc(Cl)cc1C(F)(F)F. The Bertz CT molecular complexity index is 665. The molecule has 0 unspecified atom stereocenters. The molecule has 0 saturated heterocycles. The Kier molecular flexibility index (Phi) is 3.66. The van der Waals surface area contributed by atoms with Gasteiger partial charge in [-0.15, -0.1) is 0 Å². The summed E-state index contributed by atoms with van der Waals surface area (Å²) in [7, 11) is 0. The van der Waals surface area contributed by atoms with E-state index >= 15 is 0 Å². The predicted molar refractivity (Wildman–Crippen MR) is 64.7 cm³/mol. The number of rotatable bonds is 2. The molecule has 0 fully saturated rings. The van der Waals surface area contributed by atoms with Crippen LogP contribution >= 0.6 is 23.8 Å². The Balaban J connectivity index is 2.76. The van der Waals surface area contributed by atoms with Crippen LogP contribution in [0.25, 0.3) is 5.69 Å². The summed E-state index contributed by atoms with van der Waals surface area (Å²) in [6.45, 7) is -0.549. The third kappa shape index (κ3) is 2.65. The minimum Gasteiger partial charge on any atom is -0.388 e. The Morgan fingerprint density at radius 1 is 1.42 bits per heavy atom. The van der Waals surface area contributed by atoms with Gasteiger partial charge in [-0.1, -0.05) is 11.6 Å². The van der Waals surface area contributed by atoms with Crippen molar-refractivity contribution in [1.82, 2.24) is 14.8 Å². The second-order valence-electron chi connectivity index (χ2n) is 3.60. The van der Waals surface area contributed by atoms with Gasteiger partial charge in [-0.25, -0.2) is 0 Å². The molecule has 9 heteroatoms. The second-order valence-corrected chi connectivity index (χ2v) is 4.42. The molecule has 0 atom stereocenters. The van der Waals surface area contributed by atoms with E-state index in [1.54, 1.807) is 0 Å². The van der Waals surface area contributed by atoms with Crippen molar-refractivity contribution < 1.29 is 18.3 Å². The lowest BCUT2D eigenvalue weighted by Gasteiger charge is -2.14. The number of nitrogens with one attached hydrogen (secondary N) is 1. The van der Waals surface area contributed by atoms with Crippen molar-refractivity contribution in [1.29, 1.82) is 0 Å². The van der Waals surface area contributed by atoms with Gasteiger partial charge >= 0.3 is 6.18 Å². The maximum Gasteiger partial charge on any atom is 0.418 e. The number of aliphatic hydroxyl groups is 1. The van der Waals surface area contributed by atoms with Crippen LogP contribution in [0.1, 0.15) is 11.4 Å². The molecule has 0 amide bonds. The number of alkyl halides is 3. The average molecular weight is 310 g/mol. The molecule has 2 N–H and O–H groups in total. The highest BCUT2D eigenvalue weighted by molar-refractivity contribution is 7.71. The fourth-order valence-corrected chi connectivity index (χ4v) is 2.04. The maximum atomic E-state index is 13.0. The van der Waals surface area contributed by atoms with Crippen molar-refractivity contribution in [3.05, 3.63) is 39.4 Å². The van der Waals surface area contributed by atoms with Crippen LogP contribution in [0.2, 0.25) is 5.02 Å². The first-order chi connectivity index (χ1) is 8.84. The van der Waals surface area contributed by atoms with Gasteiger partial charge in [0.15, 0.2) is 10.6 Å². The van der Waals surface area contributed by atoms with Crippen molar-refractivity contribution in [2.24, 2.45) is 0 Å². The molecule has 0 aliphatic heterocycles. The smallest absolute Gasteiger partial charge is 0.388 e. The van der Waals surface area contributed by atoms with Crippen molar-refractivity contribution in [3.63, 3.8) is 0 Å². The molecule has 0 aliphatic rings. The molecule has 4 nitrogen and oxygen atoms in total. The first-order valence-corrected chi connectivity index (χ1v) is 5.77. The van der Waals surface area contributed by atoms with Crippen molar-refractivity contribution in [2.75, 3.05) is 0 Å². The number of benzene rings is 1. The first-order valence-electron chi connectivity index (χ1n) is 4.99. The number of aromatic amines is 1. The van der Waals surface area contributed by atoms with Crippen LogP contribution in [0.4, 0.5) is 13.2 Å². The summed E-state index contributed by atoms with van der Waals surface area (Å²) in [6.07, 6.45) is -4.60. The molecule has 1 heterocycles. The molecule has 2 aromatic rings. The molecule has 2 rings (SSSR count). The van der Waals surface area contributed by atoms with E-state index < -0.39 is 18.3 Å². The van der Waals surface area contributed by atoms with E-state index in [0.717, 1.165) is 10.6 Å². The van der Waals surface area contributed by atoms with E-state index in [4.69, 9.17) is 28.9 Å². The quantitative estimate of drug-likeness (QED) is 0.838. The summed E-state index contributed by atoms with van der Waals surface area (Å²) in [5.41, 5.74) is -1.19. The Morgan fingerprint density at radius 2 is 2.11 bits per heavy atom. The van der Waals surface area contributed by atoms with Crippen LogP contribution in [0.15, 0.2) is 18.2 Å². The zero-order chi connectivity index (χ0) is 14.2. The number of halogens is 4. The van der Waals surface area contributed by atoms with Gasteiger partial charge < -0.3 is 5.11 Å². The van der Waals surface area contributed by atoms with Crippen LogP contribution in [-0.2, 0) is 12.8 Å². The molecule has 0 radical (unpaired) electrons. The zero-order valence-electron chi connectivity index (χ0n) is 9.20. The molecule has 1 aromatic heterocycles. The number of H-pyrrole nitrogens is 1. The van der Waals surface area contributed by atoms with Gasteiger partial charge in [0.2, 0.25) is 0 Å². The van der Waals surface area contributed by atoms with Crippen molar-refractivity contribution in [2.45, 2.75) is 12.8 Å². The van der Waals surface area contributed by atoms with Gasteiger partial charge in [-0.3, -0.25) is 9.67 Å². The van der Waals surface area contributed by atoms with Gasteiger partial charge in [0.1, 0.15) is 6.61 Å². The Labute approximate surface area is 115 Å². The van der Waals surface area contributed by atoms with Crippen molar-refractivity contribution >= 4 is 23.8 Å². The number of aromatic nitrogens is 3. The highest BCUT2D eigenvalue weighted by atomic mass is 35.5. The third-order valence-corrected chi connectivity index (χ3v) is 2.90. The Hall–Kier alpha value is -1.38. The zero-order valence-corrected chi connectivity index (χ0v) is 10.8. The van der Waals surface area contributed by atoms with Crippen molar-refractivity contribution in [3.8, 4) is 5.69 Å². The summed E-state index contributed by atoms with van der Waals surface area (Å²) in [6, 6.07) is 3.28. The van der Waals surface area contributed by atoms with E-state index in [2.05, 4.69) is 10.2 Å². The first kappa shape index (κ1) is 14.0. The molecule has 0 aliphatic carbocycles. The highest BCUT2D eigenvalue weighted by Gasteiger charge is 2.35. The standard InChI is InChI=1S/C10H7ClF3N3OS/c11-5-1-2-7(6(3-5)10(12,13)14)17-8(4-18)15-16-9(17)19/h1-3,18H,4H2,(H,16,19). The minimum absolute atomic E-state index is 0.0159. The van der Waals surface area contributed by atoms with E-state index in [1.807, 2.05) is 0 Å². The van der Waals surface area contributed by atoms with Crippen LogP contribution in [-0.4, -0.2) is 19.9 Å². The molecular formula is C10H7ClF3N3OS. The van der Waals surface area contributed by atoms with E-state index in [9.17, 15) is 13.2 Å². The molecule has 19 heavy (non-hydrogen) atoms. The van der Waals surface area contributed by atoms with Crippen LogP contribution in [0.3, 0.4) is 0 Å². The van der Waals surface area contributed by atoms with Crippen LogP contribution in [0, 0.1) is 4.77 Å². The van der Waals surface area contributed by atoms with E-state index in [0.29, 0.717) is 0 Å². The molecule has 0 bridgehead atoms. The lowest BCUT2D eigenvalue weighted by Crippen LogP contribution is -2.12. The summed E-state index contributed by atoms with van der Waals surface area (Å²) in [5.74, 6) is -0.0159. The maximum absolute atomic E-state index is 13.0. The lowest BCUT2D eigenvalue weighted by molar-refractivity contribution is -0.137. The topological polar surface area (TPSA) is 53.8 Å². The summed E-state index contributed by atoms with van der Waals surface area (Å²) < 4.78 is 39.9. The fraction of sp³-hybridized carbons (Fsp3) is 0.200. The predicted octanol–water partition coefficient (Wildman–Crippen LogP) is 3.09. The molecule has 1 aromatic carbocycles. The molecule has 102 valence electrons. The second kappa shape index (κ2) is 4.95. The average Bonchev–Trinajstić information content (AvgIpc) is 2.69. The largest absolute Gasteiger partial charge is 0.418 e. The van der Waals surface area contributed by atoms with Crippen LogP contribution in [0.5, 0.6) is 0 Å². The van der Waals surface area contributed by atoms with Crippen LogP contribution < -0.4 is 0 Å². The van der Waals surface area contributed by atoms with E-state index in [1.165, 1.54) is 12.1 Å². The van der Waals surface area contributed by atoms with Gasteiger partial charge in [0.05, 0.1) is 11.3 Å². The normalized spacial score (nSPS) is 11.8. The third-order valence-electron chi connectivity index (χ3n) is 2.39. The molecular weight excluding hydrogens is 303 g/mol. The fourth-order valence-electron chi connectivity index (χ4n) is 1.61. The minimum atomic E-state index is -4.60. The van der Waals surface area contributed by atoms with Gasteiger partial charge in [-0.05, 0) is 30.4 Å². The number of aliphatic hydroxyl groups excluding tert-OH is 1. The highest BCUT2D eigenvalue weighted by Crippen LogP contribution is 2.35. The summed E-state index contributed by atoms with van der Waals surface area (Å²) >= 11 is 10.5.